The van der Waals surface area contributed by atoms with E-state index in [1.54, 1.807) is 6.07 Å². The van der Waals surface area contributed by atoms with E-state index in [4.69, 9.17) is 10.5 Å². The van der Waals surface area contributed by atoms with Crippen LogP contribution >= 0.6 is 0 Å². The molecule has 1 aromatic heterocycles. The number of rotatable bonds is 9. The average Bonchev–Trinajstić information content (AvgIpc) is 2.41. The third kappa shape index (κ3) is 7.09. The number of carbonyl (C=O) groups is 1. The maximum Gasteiger partial charge on any atom is 0.251 e. The van der Waals surface area contributed by atoms with Gasteiger partial charge in [-0.1, -0.05) is 13.3 Å². The first-order valence-electron chi connectivity index (χ1n) is 7.69. The number of anilines is 1. The maximum absolute atomic E-state index is 12.1. The smallest absolute Gasteiger partial charge is 0.251 e. The van der Waals surface area contributed by atoms with Crippen molar-refractivity contribution in [1.82, 2.24) is 10.3 Å². The highest BCUT2D eigenvalue weighted by molar-refractivity contribution is 5.94. The Kier molecular flexibility index (Phi) is 7.75. The normalized spacial score (nSPS) is 10.9. The topological polar surface area (TPSA) is 77.2 Å². The molecule has 1 rings (SSSR count). The summed E-state index contributed by atoms with van der Waals surface area (Å²) in [5.74, 6) is 0.308. The Balaban J connectivity index is 2.38. The van der Waals surface area contributed by atoms with Gasteiger partial charge in [-0.3, -0.25) is 4.79 Å². The Morgan fingerprint density at radius 1 is 1.38 bits per heavy atom. The minimum Gasteiger partial charge on any atom is -0.384 e. The van der Waals surface area contributed by atoms with Gasteiger partial charge in [0.15, 0.2) is 0 Å². The molecule has 118 valence electrons. The second-order valence-electron chi connectivity index (χ2n) is 5.40. The number of nitrogens with zero attached hydrogens (tertiary/aromatic N) is 1. The molecule has 3 N–H and O–H groups in total. The molecule has 0 unspecified atom stereocenters. The molecule has 1 heterocycles. The van der Waals surface area contributed by atoms with Gasteiger partial charge in [0.1, 0.15) is 5.82 Å². The number of nitrogens with two attached hydrogens (primary N) is 1. The zero-order valence-electron chi connectivity index (χ0n) is 13.3. The second-order valence-corrected chi connectivity index (χ2v) is 5.40. The molecule has 0 aliphatic carbocycles. The number of aromatic nitrogens is 1. The Labute approximate surface area is 127 Å². The number of hydrogen-bond donors (Lipinski definition) is 2. The number of aryl methyl sites for hydroxylation is 1. The molecule has 0 aromatic carbocycles. The van der Waals surface area contributed by atoms with E-state index in [2.05, 4.69) is 17.2 Å². The molecule has 0 aliphatic heterocycles. The largest absolute Gasteiger partial charge is 0.384 e. The van der Waals surface area contributed by atoms with Crippen molar-refractivity contribution < 1.29 is 9.53 Å². The first-order valence-corrected chi connectivity index (χ1v) is 7.69. The van der Waals surface area contributed by atoms with Crippen LogP contribution in [-0.4, -0.2) is 30.1 Å². The van der Waals surface area contributed by atoms with E-state index in [0.29, 0.717) is 17.9 Å². The molecule has 0 bridgehead atoms. The molecule has 0 fully saturated rings. The molecule has 21 heavy (non-hydrogen) atoms. The summed E-state index contributed by atoms with van der Waals surface area (Å²) < 4.78 is 5.45. The zero-order valence-corrected chi connectivity index (χ0v) is 13.3. The number of ether oxygens (including phenoxy) is 1. The first-order chi connectivity index (χ1) is 10.0. The molecule has 1 amide bonds. The van der Waals surface area contributed by atoms with Gasteiger partial charge >= 0.3 is 0 Å². The summed E-state index contributed by atoms with van der Waals surface area (Å²) in [6.07, 6.45) is 3.92. The van der Waals surface area contributed by atoms with Crippen molar-refractivity contribution >= 4 is 11.7 Å². The van der Waals surface area contributed by atoms with Crippen LogP contribution in [0.1, 0.15) is 56.1 Å². The van der Waals surface area contributed by atoms with Crippen LogP contribution in [0, 0.1) is 0 Å². The zero-order chi connectivity index (χ0) is 15.7. The molecular weight excluding hydrogens is 266 g/mol. The van der Waals surface area contributed by atoms with E-state index >= 15 is 0 Å². The summed E-state index contributed by atoms with van der Waals surface area (Å²) in [6.45, 7) is 7.48. The predicted molar refractivity (Wildman–Crippen MR) is 85.3 cm³/mol. The van der Waals surface area contributed by atoms with Gasteiger partial charge < -0.3 is 15.8 Å². The molecule has 0 saturated heterocycles. The summed E-state index contributed by atoms with van der Waals surface area (Å²) in [5, 5.41) is 2.91. The lowest BCUT2D eigenvalue weighted by Gasteiger charge is -2.09. The lowest BCUT2D eigenvalue weighted by molar-refractivity contribution is 0.0754. The highest BCUT2D eigenvalue weighted by atomic mass is 16.5. The van der Waals surface area contributed by atoms with E-state index < -0.39 is 0 Å². The third-order valence-electron chi connectivity index (χ3n) is 2.97. The predicted octanol–water partition coefficient (Wildman–Crippen LogP) is 2.55. The van der Waals surface area contributed by atoms with Gasteiger partial charge in [0.2, 0.25) is 0 Å². The van der Waals surface area contributed by atoms with Crippen molar-refractivity contribution in [2.75, 3.05) is 18.9 Å². The van der Waals surface area contributed by atoms with Gasteiger partial charge in [0, 0.05) is 24.4 Å². The Bertz CT molecular complexity index is 447. The number of amides is 1. The fourth-order valence-corrected chi connectivity index (χ4v) is 1.98. The van der Waals surface area contributed by atoms with Crippen molar-refractivity contribution in [3.63, 3.8) is 0 Å². The minimum atomic E-state index is -0.0915. The van der Waals surface area contributed by atoms with Gasteiger partial charge in [-0.2, -0.15) is 0 Å². The van der Waals surface area contributed by atoms with Crippen LogP contribution in [0.4, 0.5) is 5.82 Å². The van der Waals surface area contributed by atoms with Gasteiger partial charge in [-0.05, 0) is 45.2 Å². The van der Waals surface area contributed by atoms with Gasteiger partial charge in [0.05, 0.1) is 6.10 Å². The summed E-state index contributed by atoms with van der Waals surface area (Å²) in [4.78, 5) is 16.3. The van der Waals surface area contributed by atoms with Gasteiger partial charge in [-0.15, -0.1) is 0 Å². The van der Waals surface area contributed by atoms with E-state index in [1.165, 1.54) is 0 Å². The fourth-order valence-electron chi connectivity index (χ4n) is 1.98. The molecule has 0 aliphatic rings. The number of carbonyl (C=O) groups excluding carboxylic acids is 1. The first kappa shape index (κ1) is 17.4. The highest BCUT2D eigenvalue weighted by Crippen LogP contribution is 2.09. The van der Waals surface area contributed by atoms with Crippen LogP contribution in [0.5, 0.6) is 0 Å². The summed E-state index contributed by atoms with van der Waals surface area (Å²) in [6, 6.07) is 3.44. The molecule has 5 nitrogen and oxygen atoms in total. The van der Waals surface area contributed by atoms with Crippen LogP contribution in [-0.2, 0) is 11.2 Å². The van der Waals surface area contributed by atoms with Crippen LogP contribution < -0.4 is 11.1 Å². The van der Waals surface area contributed by atoms with Crippen LogP contribution in [0.2, 0.25) is 0 Å². The number of pyridine rings is 1. The van der Waals surface area contributed by atoms with E-state index in [-0.39, 0.29) is 12.0 Å². The monoisotopic (exact) mass is 293 g/mol. The number of nitrogen functional groups attached to an aromatic ring is 1. The lowest BCUT2D eigenvalue weighted by Crippen LogP contribution is -2.25. The second kappa shape index (κ2) is 9.34. The van der Waals surface area contributed by atoms with Crippen molar-refractivity contribution in [2.24, 2.45) is 0 Å². The average molecular weight is 293 g/mol. The number of nitrogens with one attached hydrogen (secondary N) is 1. The molecule has 1 aromatic rings. The van der Waals surface area contributed by atoms with E-state index in [9.17, 15) is 4.79 Å². The van der Waals surface area contributed by atoms with Crippen molar-refractivity contribution in [3.05, 3.63) is 23.4 Å². The van der Waals surface area contributed by atoms with Crippen LogP contribution in [0.15, 0.2) is 12.1 Å². The molecule has 0 saturated carbocycles. The summed E-state index contributed by atoms with van der Waals surface area (Å²) >= 11 is 0. The van der Waals surface area contributed by atoms with Gasteiger partial charge in [-0.25, -0.2) is 4.98 Å². The van der Waals surface area contributed by atoms with Crippen LogP contribution in [0.3, 0.4) is 0 Å². The van der Waals surface area contributed by atoms with E-state index in [1.807, 2.05) is 19.9 Å². The van der Waals surface area contributed by atoms with Crippen LogP contribution in [0.25, 0.3) is 0 Å². The molecule has 0 atom stereocenters. The lowest BCUT2D eigenvalue weighted by atomic mass is 10.1. The minimum absolute atomic E-state index is 0.0915. The van der Waals surface area contributed by atoms with Crippen molar-refractivity contribution in [2.45, 2.75) is 52.6 Å². The fraction of sp³-hybridized carbons (Fsp3) is 0.625. The van der Waals surface area contributed by atoms with Crippen molar-refractivity contribution in [1.29, 1.82) is 0 Å². The quantitative estimate of drug-likeness (QED) is 0.686. The summed E-state index contributed by atoms with van der Waals surface area (Å²) in [7, 11) is 0. The third-order valence-corrected chi connectivity index (χ3v) is 2.97. The standard InChI is InChI=1S/C16H27N3O2/c1-4-7-14-10-13(11-15(17)19-14)16(20)18-8-5-6-9-21-12(2)3/h10-12H,4-9H2,1-3H3,(H2,17,19)(H,18,20). The van der Waals surface area contributed by atoms with Gasteiger partial charge in [0.25, 0.3) is 5.91 Å². The molecule has 0 radical (unpaired) electrons. The van der Waals surface area contributed by atoms with E-state index in [0.717, 1.165) is 38.0 Å². The molecule has 0 spiro atoms. The summed E-state index contributed by atoms with van der Waals surface area (Å²) in [5.41, 5.74) is 7.20. The number of unbranched alkanes of at least 4 members (excludes halogenated alkanes) is 1. The Hall–Kier alpha value is -1.62. The maximum atomic E-state index is 12.1. The molecule has 5 heteroatoms. The number of hydrogen-bond acceptors (Lipinski definition) is 4. The SMILES string of the molecule is CCCc1cc(C(=O)NCCCCOC(C)C)cc(N)n1. The highest BCUT2D eigenvalue weighted by Gasteiger charge is 2.08. The Morgan fingerprint density at radius 3 is 2.81 bits per heavy atom. The Morgan fingerprint density at radius 2 is 2.14 bits per heavy atom. The molecular formula is C16H27N3O2. The van der Waals surface area contributed by atoms with Crippen molar-refractivity contribution in [3.8, 4) is 0 Å².